The standard InChI is InChI=1S/C12H14FN3O2/c13-8-3-9(5-11(17)4-8)16-7-10-6-14-1-2-15(10)12(16)18/h3-5,10,14,17H,1-2,6-7H2. The lowest BCUT2D eigenvalue weighted by atomic mass is 10.2. The molecule has 1 atom stereocenters. The number of nitrogens with zero attached hydrogens (tertiary/aromatic N) is 2. The van der Waals surface area contributed by atoms with Crippen LogP contribution < -0.4 is 10.2 Å². The first-order chi connectivity index (χ1) is 8.65. The van der Waals surface area contributed by atoms with Crippen LogP contribution in [0.3, 0.4) is 0 Å². The van der Waals surface area contributed by atoms with Gasteiger partial charge in [-0.15, -0.1) is 0 Å². The van der Waals surface area contributed by atoms with Gasteiger partial charge in [0.2, 0.25) is 0 Å². The van der Waals surface area contributed by atoms with Crippen molar-refractivity contribution in [2.45, 2.75) is 6.04 Å². The molecule has 2 saturated heterocycles. The molecule has 1 aromatic rings. The maximum absolute atomic E-state index is 13.3. The van der Waals surface area contributed by atoms with Crippen LogP contribution in [0.15, 0.2) is 18.2 Å². The summed E-state index contributed by atoms with van der Waals surface area (Å²) in [4.78, 5) is 15.5. The summed E-state index contributed by atoms with van der Waals surface area (Å²) in [7, 11) is 0. The highest BCUT2D eigenvalue weighted by molar-refractivity contribution is 5.95. The molecule has 2 fully saturated rings. The van der Waals surface area contributed by atoms with Crippen LogP contribution in [0.2, 0.25) is 0 Å². The number of rotatable bonds is 1. The number of piperazine rings is 1. The number of carbonyl (C=O) groups excluding carboxylic acids is 1. The molecule has 1 unspecified atom stereocenters. The molecule has 2 amide bonds. The maximum atomic E-state index is 13.3. The number of hydrogen-bond acceptors (Lipinski definition) is 3. The van der Waals surface area contributed by atoms with Crippen molar-refractivity contribution >= 4 is 11.7 Å². The Labute approximate surface area is 104 Å². The molecule has 0 radical (unpaired) electrons. The van der Waals surface area contributed by atoms with Gasteiger partial charge in [-0.05, 0) is 6.07 Å². The fourth-order valence-corrected chi connectivity index (χ4v) is 2.55. The Morgan fingerprint density at radius 3 is 2.94 bits per heavy atom. The Bertz CT molecular complexity index is 474. The molecule has 0 saturated carbocycles. The first kappa shape index (κ1) is 11.3. The number of nitrogens with one attached hydrogen (secondary N) is 1. The fraction of sp³-hybridized carbons (Fsp3) is 0.417. The number of benzene rings is 1. The zero-order valence-corrected chi connectivity index (χ0v) is 9.77. The number of amides is 2. The molecule has 0 aliphatic carbocycles. The van der Waals surface area contributed by atoms with Gasteiger partial charge in [-0.2, -0.15) is 0 Å². The van der Waals surface area contributed by atoms with E-state index in [-0.39, 0.29) is 17.8 Å². The van der Waals surface area contributed by atoms with Crippen molar-refractivity contribution in [1.29, 1.82) is 0 Å². The summed E-state index contributed by atoms with van der Waals surface area (Å²) < 4.78 is 13.3. The molecule has 0 bridgehead atoms. The van der Waals surface area contributed by atoms with Crippen LogP contribution in [0.5, 0.6) is 5.75 Å². The first-order valence-electron chi connectivity index (χ1n) is 5.93. The third-order valence-corrected chi connectivity index (χ3v) is 3.40. The number of phenols is 1. The number of hydrogen-bond donors (Lipinski definition) is 2. The number of phenolic OH excluding ortho intramolecular Hbond substituents is 1. The highest BCUT2D eigenvalue weighted by Crippen LogP contribution is 2.28. The fourth-order valence-electron chi connectivity index (χ4n) is 2.55. The summed E-state index contributed by atoms with van der Waals surface area (Å²) in [5.74, 6) is -0.707. The molecule has 2 N–H and O–H groups in total. The van der Waals surface area contributed by atoms with Crippen LogP contribution in [0.25, 0.3) is 0 Å². The van der Waals surface area contributed by atoms with Crippen molar-refractivity contribution in [3.8, 4) is 5.75 Å². The molecule has 96 valence electrons. The normalized spacial score (nSPS) is 23.4. The van der Waals surface area contributed by atoms with E-state index in [1.165, 1.54) is 17.0 Å². The summed E-state index contributed by atoms with van der Waals surface area (Å²) in [5, 5.41) is 12.6. The van der Waals surface area contributed by atoms with Gasteiger partial charge in [0, 0.05) is 38.3 Å². The van der Waals surface area contributed by atoms with E-state index < -0.39 is 5.82 Å². The highest BCUT2D eigenvalue weighted by atomic mass is 19.1. The third-order valence-electron chi connectivity index (χ3n) is 3.40. The summed E-state index contributed by atoms with van der Waals surface area (Å²) in [6, 6.07) is 3.71. The second-order valence-electron chi connectivity index (χ2n) is 4.61. The monoisotopic (exact) mass is 251 g/mol. The number of halogens is 1. The summed E-state index contributed by atoms with van der Waals surface area (Å²) in [6.45, 7) is 2.73. The number of anilines is 1. The van der Waals surface area contributed by atoms with Gasteiger partial charge >= 0.3 is 6.03 Å². The Kier molecular flexibility index (Phi) is 2.59. The largest absolute Gasteiger partial charge is 0.508 e. The SMILES string of the molecule is O=C1N(c2cc(O)cc(F)c2)CC2CNCCN12. The van der Waals surface area contributed by atoms with Gasteiger partial charge < -0.3 is 15.3 Å². The van der Waals surface area contributed by atoms with Gasteiger partial charge in [-0.1, -0.05) is 0 Å². The molecular weight excluding hydrogens is 237 g/mol. The zero-order chi connectivity index (χ0) is 12.7. The lowest BCUT2D eigenvalue weighted by Crippen LogP contribution is -2.49. The number of fused-ring (bicyclic) bond motifs is 1. The molecular formula is C12H14FN3O2. The van der Waals surface area contributed by atoms with E-state index in [9.17, 15) is 14.3 Å². The number of aromatic hydroxyl groups is 1. The van der Waals surface area contributed by atoms with Crippen molar-refractivity contribution < 1.29 is 14.3 Å². The highest BCUT2D eigenvalue weighted by Gasteiger charge is 2.39. The van der Waals surface area contributed by atoms with Crippen molar-refractivity contribution in [2.75, 3.05) is 31.1 Å². The number of carbonyl (C=O) groups is 1. The van der Waals surface area contributed by atoms with E-state index in [0.29, 0.717) is 18.8 Å². The lowest BCUT2D eigenvalue weighted by Gasteiger charge is -2.28. The van der Waals surface area contributed by atoms with Crippen LogP contribution in [0.1, 0.15) is 0 Å². The Morgan fingerprint density at radius 1 is 1.39 bits per heavy atom. The summed E-state index contributed by atoms with van der Waals surface area (Å²) in [6.07, 6.45) is 0. The van der Waals surface area contributed by atoms with Crippen molar-refractivity contribution in [1.82, 2.24) is 10.2 Å². The third kappa shape index (κ3) is 1.78. The van der Waals surface area contributed by atoms with Gasteiger partial charge in [0.25, 0.3) is 0 Å². The van der Waals surface area contributed by atoms with Crippen LogP contribution in [-0.4, -0.2) is 48.3 Å². The molecule has 6 heteroatoms. The van der Waals surface area contributed by atoms with E-state index in [1.807, 2.05) is 0 Å². The van der Waals surface area contributed by atoms with E-state index >= 15 is 0 Å². The Morgan fingerprint density at radius 2 is 2.22 bits per heavy atom. The molecule has 2 aliphatic rings. The average molecular weight is 251 g/mol. The summed E-state index contributed by atoms with van der Waals surface area (Å²) >= 11 is 0. The molecule has 2 heterocycles. The van der Waals surface area contributed by atoms with Crippen molar-refractivity contribution in [3.05, 3.63) is 24.0 Å². The lowest BCUT2D eigenvalue weighted by molar-refractivity contribution is 0.193. The topological polar surface area (TPSA) is 55.8 Å². The van der Waals surface area contributed by atoms with Gasteiger partial charge in [-0.25, -0.2) is 9.18 Å². The van der Waals surface area contributed by atoms with Crippen LogP contribution in [0.4, 0.5) is 14.9 Å². The second kappa shape index (κ2) is 4.13. The molecule has 2 aliphatic heterocycles. The number of urea groups is 1. The van der Waals surface area contributed by atoms with Crippen LogP contribution in [0, 0.1) is 5.82 Å². The molecule has 1 aromatic carbocycles. The average Bonchev–Trinajstić information content (AvgIpc) is 2.66. The minimum atomic E-state index is -0.541. The van der Waals surface area contributed by atoms with Crippen molar-refractivity contribution in [3.63, 3.8) is 0 Å². The van der Waals surface area contributed by atoms with E-state index in [0.717, 1.165) is 19.2 Å². The minimum absolute atomic E-state index is 0.119. The molecule has 18 heavy (non-hydrogen) atoms. The quantitative estimate of drug-likeness (QED) is 0.774. The maximum Gasteiger partial charge on any atom is 0.324 e. The van der Waals surface area contributed by atoms with E-state index in [1.54, 1.807) is 4.90 Å². The molecule has 3 rings (SSSR count). The van der Waals surface area contributed by atoms with Gasteiger partial charge in [0.15, 0.2) is 0 Å². The zero-order valence-electron chi connectivity index (χ0n) is 9.77. The van der Waals surface area contributed by atoms with E-state index in [2.05, 4.69) is 5.32 Å². The van der Waals surface area contributed by atoms with Gasteiger partial charge in [-0.3, -0.25) is 4.90 Å². The predicted octanol–water partition coefficient (Wildman–Crippen LogP) is 0.745. The Balaban J connectivity index is 1.90. The van der Waals surface area contributed by atoms with Crippen LogP contribution >= 0.6 is 0 Å². The Hall–Kier alpha value is -1.82. The molecule has 0 spiro atoms. The first-order valence-corrected chi connectivity index (χ1v) is 5.93. The van der Waals surface area contributed by atoms with Gasteiger partial charge in [0.1, 0.15) is 11.6 Å². The smallest absolute Gasteiger partial charge is 0.324 e. The minimum Gasteiger partial charge on any atom is -0.508 e. The summed E-state index contributed by atoms with van der Waals surface area (Å²) in [5.41, 5.74) is 0.409. The van der Waals surface area contributed by atoms with Crippen molar-refractivity contribution in [2.24, 2.45) is 0 Å². The van der Waals surface area contributed by atoms with Gasteiger partial charge in [0.05, 0.1) is 11.7 Å². The molecule has 0 aromatic heterocycles. The van der Waals surface area contributed by atoms with E-state index in [4.69, 9.17) is 0 Å². The predicted molar refractivity (Wildman–Crippen MR) is 64.2 cm³/mol. The second-order valence-corrected chi connectivity index (χ2v) is 4.61. The molecule has 5 nitrogen and oxygen atoms in total. The van der Waals surface area contributed by atoms with Crippen LogP contribution in [-0.2, 0) is 0 Å².